The number of rotatable bonds is 7. The molecule has 6 nitrogen and oxygen atoms in total. The summed E-state index contributed by atoms with van der Waals surface area (Å²) in [6.07, 6.45) is 0. The van der Waals surface area contributed by atoms with Crippen LogP contribution in [0.4, 0.5) is 0 Å². The van der Waals surface area contributed by atoms with E-state index in [1.165, 1.54) is 0 Å². The summed E-state index contributed by atoms with van der Waals surface area (Å²) in [7, 11) is 3.22. The molecule has 4 rings (SSSR count). The standard InChI is InChI=1S/C26H21N3O3S/c1-31-23-11-10-20(13-24(23)32-2)22-16-33-26(29-22)19-8-6-17(7-9-19)15-28-25(30)21-5-3-4-18(12-21)14-27/h3-13,16H,15H2,1-2H3,(H,28,30). The smallest absolute Gasteiger partial charge is 0.251 e. The van der Waals surface area contributed by atoms with E-state index in [0.717, 1.165) is 27.4 Å². The minimum Gasteiger partial charge on any atom is -0.493 e. The number of hydrogen-bond acceptors (Lipinski definition) is 6. The van der Waals surface area contributed by atoms with Crippen molar-refractivity contribution in [1.82, 2.24) is 10.3 Å². The van der Waals surface area contributed by atoms with Crippen LogP contribution in [0, 0.1) is 11.3 Å². The summed E-state index contributed by atoms with van der Waals surface area (Å²) in [4.78, 5) is 17.1. The van der Waals surface area contributed by atoms with Gasteiger partial charge < -0.3 is 14.8 Å². The molecule has 1 N–H and O–H groups in total. The number of amides is 1. The molecule has 0 atom stereocenters. The Labute approximate surface area is 196 Å². The zero-order chi connectivity index (χ0) is 23.2. The van der Waals surface area contributed by atoms with Gasteiger partial charge in [0.2, 0.25) is 0 Å². The average molecular weight is 456 g/mol. The van der Waals surface area contributed by atoms with Gasteiger partial charge in [-0.2, -0.15) is 5.26 Å². The third-order valence-electron chi connectivity index (χ3n) is 5.09. The van der Waals surface area contributed by atoms with E-state index in [1.54, 1.807) is 49.8 Å². The zero-order valence-corrected chi connectivity index (χ0v) is 19.0. The van der Waals surface area contributed by atoms with Gasteiger partial charge in [-0.25, -0.2) is 4.98 Å². The Morgan fingerprint density at radius 1 is 1.00 bits per heavy atom. The van der Waals surface area contributed by atoms with Crippen molar-refractivity contribution in [3.63, 3.8) is 0 Å². The summed E-state index contributed by atoms with van der Waals surface area (Å²) < 4.78 is 10.7. The third kappa shape index (κ3) is 5.03. The van der Waals surface area contributed by atoms with Crippen LogP contribution in [0.15, 0.2) is 72.1 Å². The fourth-order valence-electron chi connectivity index (χ4n) is 3.31. The van der Waals surface area contributed by atoms with Crippen LogP contribution in [0.2, 0.25) is 0 Å². The van der Waals surface area contributed by atoms with Crippen molar-refractivity contribution >= 4 is 17.2 Å². The van der Waals surface area contributed by atoms with Crippen LogP contribution in [0.25, 0.3) is 21.8 Å². The molecule has 0 aliphatic rings. The summed E-state index contributed by atoms with van der Waals surface area (Å²) >= 11 is 1.57. The van der Waals surface area contributed by atoms with Gasteiger partial charge in [0.05, 0.1) is 31.5 Å². The molecule has 3 aromatic carbocycles. The number of carbonyl (C=O) groups is 1. The number of aromatic nitrogens is 1. The number of thiazole rings is 1. The molecule has 7 heteroatoms. The lowest BCUT2D eigenvalue weighted by molar-refractivity contribution is 0.0951. The van der Waals surface area contributed by atoms with Crippen LogP contribution in [-0.2, 0) is 6.54 Å². The Balaban J connectivity index is 1.43. The van der Waals surface area contributed by atoms with E-state index in [2.05, 4.69) is 5.32 Å². The number of benzene rings is 3. The highest BCUT2D eigenvalue weighted by molar-refractivity contribution is 7.13. The van der Waals surface area contributed by atoms with Crippen molar-refractivity contribution in [2.45, 2.75) is 6.54 Å². The number of nitriles is 1. The lowest BCUT2D eigenvalue weighted by atomic mass is 10.1. The third-order valence-corrected chi connectivity index (χ3v) is 5.98. The first-order valence-electron chi connectivity index (χ1n) is 10.2. The highest BCUT2D eigenvalue weighted by atomic mass is 32.1. The summed E-state index contributed by atoms with van der Waals surface area (Å²) in [6, 6.07) is 22.4. The van der Waals surface area contributed by atoms with Gasteiger partial charge >= 0.3 is 0 Å². The molecule has 0 spiro atoms. The second-order valence-electron chi connectivity index (χ2n) is 7.18. The van der Waals surface area contributed by atoms with Crippen molar-refractivity contribution < 1.29 is 14.3 Å². The number of carbonyl (C=O) groups excluding carboxylic acids is 1. The molecule has 0 fully saturated rings. The number of hydrogen-bond donors (Lipinski definition) is 1. The van der Waals surface area contributed by atoms with Gasteiger partial charge in [0, 0.05) is 28.6 Å². The van der Waals surface area contributed by atoms with E-state index < -0.39 is 0 Å². The first-order valence-corrected chi connectivity index (χ1v) is 11.0. The zero-order valence-electron chi connectivity index (χ0n) is 18.2. The molecule has 4 aromatic rings. The molecule has 33 heavy (non-hydrogen) atoms. The highest BCUT2D eigenvalue weighted by Gasteiger charge is 2.11. The second kappa shape index (κ2) is 9.98. The van der Waals surface area contributed by atoms with Crippen LogP contribution in [-0.4, -0.2) is 25.1 Å². The highest BCUT2D eigenvalue weighted by Crippen LogP contribution is 2.34. The van der Waals surface area contributed by atoms with Crippen molar-refractivity contribution in [1.29, 1.82) is 5.26 Å². The number of nitrogens with zero attached hydrogens (tertiary/aromatic N) is 2. The van der Waals surface area contributed by atoms with Crippen LogP contribution in [0.1, 0.15) is 21.5 Å². The van der Waals surface area contributed by atoms with E-state index in [0.29, 0.717) is 29.2 Å². The van der Waals surface area contributed by atoms with Gasteiger partial charge in [0.15, 0.2) is 11.5 Å². The average Bonchev–Trinajstić information content (AvgIpc) is 3.37. The van der Waals surface area contributed by atoms with Crippen molar-refractivity contribution in [2.75, 3.05) is 14.2 Å². The van der Waals surface area contributed by atoms with E-state index in [4.69, 9.17) is 19.7 Å². The summed E-state index contributed by atoms with van der Waals surface area (Å²) in [5, 5.41) is 14.8. The maximum atomic E-state index is 12.4. The molecule has 0 radical (unpaired) electrons. The predicted molar refractivity (Wildman–Crippen MR) is 128 cm³/mol. The Kier molecular flexibility index (Phi) is 6.67. The second-order valence-corrected chi connectivity index (χ2v) is 8.04. The summed E-state index contributed by atoms with van der Waals surface area (Å²) in [5.74, 6) is 1.13. The Morgan fingerprint density at radius 3 is 2.48 bits per heavy atom. The van der Waals surface area contributed by atoms with Crippen LogP contribution in [0.3, 0.4) is 0 Å². The van der Waals surface area contributed by atoms with Gasteiger partial charge in [0.25, 0.3) is 5.91 Å². The van der Waals surface area contributed by atoms with Crippen LogP contribution in [0.5, 0.6) is 11.5 Å². The first-order chi connectivity index (χ1) is 16.1. The fourth-order valence-corrected chi connectivity index (χ4v) is 4.15. The molecule has 0 aliphatic heterocycles. The van der Waals surface area contributed by atoms with Crippen molar-refractivity contribution in [3.8, 4) is 39.4 Å². The summed E-state index contributed by atoms with van der Waals surface area (Å²) in [5.41, 5.74) is 4.73. The molecule has 0 unspecified atom stereocenters. The molecule has 1 amide bonds. The van der Waals surface area contributed by atoms with Gasteiger partial charge in [-0.05, 0) is 42.0 Å². The Hall–Kier alpha value is -4.15. The molecular weight excluding hydrogens is 434 g/mol. The minimum atomic E-state index is -0.212. The van der Waals surface area contributed by atoms with Crippen LogP contribution >= 0.6 is 11.3 Å². The Bertz CT molecular complexity index is 1320. The van der Waals surface area contributed by atoms with E-state index in [9.17, 15) is 4.79 Å². The maximum Gasteiger partial charge on any atom is 0.251 e. The lowest BCUT2D eigenvalue weighted by Gasteiger charge is -2.08. The first kappa shape index (κ1) is 22.1. The Morgan fingerprint density at radius 2 is 1.76 bits per heavy atom. The number of nitrogens with one attached hydrogen (secondary N) is 1. The summed E-state index contributed by atoms with van der Waals surface area (Å²) in [6.45, 7) is 0.394. The molecule has 0 saturated carbocycles. The van der Waals surface area contributed by atoms with Gasteiger partial charge in [-0.1, -0.05) is 30.3 Å². The molecule has 1 aromatic heterocycles. The van der Waals surface area contributed by atoms with Gasteiger partial charge in [-0.15, -0.1) is 11.3 Å². The topological polar surface area (TPSA) is 84.2 Å². The monoisotopic (exact) mass is 455 g/mol. The van der Waals surface area contributed by atoms with Crippen molar-refractivity contribution in [2.24, 2.45) is 0 Å². The van der Waals surface area contributed by atoms with Gasteiger partial charge in [0.1, 0.15) is 5.01 Å². The molecular formula is C26H21N3O3S. The van der Waals surface area contributed by atoms with Crippen LogP contribution < -0.4 is 14.8 Å². The largest absolute Gasteiger partial charge is 0.493 e. The van der Waals surface area contributed by atoms with E-state index in [1.807, 2.05) is 53.9 Å². The molecule has 0 bridgehead atoms. The predicted octanol–water partition coefficient (Wildman–Crippen LogP) is 5.30. The molecule has 1 heterocycles. The number of methoxy groups -OCH3 is 2. The SMILES string of the molecule is COc1ccc(-c2csc(-c3ccc(CNC(=O)c4cccc(C#N)c4)cc3)n2)cc1OC. The molecule has 0 aliphatic carbocycles. The maximum absolute atomic E-state index is 12.4. The van der Waals surface area contributed by atoms with E-state index in [-0.39, 0.29) is 5.91 Å². The van der Waals surface area contributed by atoms with Gasteiger partial charge in [-0.3, -0.25) is 4.79 Å². The fraction of sp³-hybridized carbons (Fsp3) is 0.115. The number of ether oxygens (including phenoxy) is 2. The quantitative estimate of drug-likeness (QED) is 0.409. The molecule has 0 saturated heterocycles. The normalized spacial score (nSPS) is 10.3. The van der Waals surface area contributed by atoms with Crippen molar-refractivity contribution in [3.05, 3.63) is 88.8 Å². The molecule has 164 valence electrons. The minimum absolute atomic E-state index is 0.212. The lowest BCUT2D eigenvalue weighted by Crippen LogP contribution is -2.22. The van der Waals surface area contributed by atoms with E-state index >= 15 is 0 Å².